The number of hydrogen-bond acceptors (Lipinski definition) is 3. The Morgan fingerprint density at radius 3 is 2.76 bits per heavy atom. The van der Waals surface area contributed by atoms with E-state index >= 15 is 0 Å². The van der Waals surface area contributed by atoms with Crippen molar-refractivity contribution in [3.63, 3.8) is 0 Å². The highest BCUT2D eigenvalue weighted by Crippen LogP contribution is 2.38. The van der Waals surface area contributed by atoms with Crippen molar-refractivity contribution in [3.05, 3.63) is 53.6 Å². The monoisotopic (exact) mass is 341 g/mol. The highest BCUT2D eigenvalue weighted by Gasteiger charge is 2.45. The molecule has 4 nitrogen and oxygen atoms in total. The molecule has 4 rings (SSSR count). The van der Waals surface area contributed by atoms with E-state index in [0.29, 0.717) is 22.7 Å². The molecule has 6 heteroatoms. The van der Waals surface area contributed by atoms with Crippen molar-refractivity contribution in [1.29, 1.82) is 0 Å². The Bertz CT molecular complexity index is 996. The lowest BCUT2D eigenvalue weighted by Crippen LogP contribution is -2.10. The summed E-state index contributed by atoms with van der Waals surface area (Å²) in [5.41, 5.74) is 2.98. The van der Waals surface area contributed by atoms with Gasteiger partial charge in [-0.25, -0.2) is 13.8 Å². The second kappa shape index (κ2) is 5.65. The van der Waals surface area contributed by atoms with Crippen molar-refractivity contribution < 1.29 is 13.6 Å². The second-order valence-electron chi connectivity index (χ2n) is 6.34. The second-order valence-corrected chi connectivity index (χ2v) is 6.34. The quantitative estimate of drug-likeness (QED) is 0.729. The number of benzene rings is 1. The van der Waals surface area contributed by atoms with Gasteiger partial charge in [-0.3, -0.25) is 9.20 Å². The molecular weight excluding hydrogens is 324 g/mol. The molecule has 2 heterocycles. The maximum atomic E-state index is 13.9. The summed E-state index contributed by atoms with van der Waals surface area (Å²) < 4.78 is 28.9. The lowest BCUT2D eigenvalue weighted by molar-refractivity contribution is 0.0952. The summed E-state index contributed by atoms with van der Waals surface area (Å²) in [6, 6.07) is 8.51. The zero-order valence-corrected chi connectivity index (χ0v) is 13.9. The number of ketones is 1. The third kappa shape index (κ3) is 2.49. The fraction of sp³-hybridized carbons (Fsp3) is 0.263. The number of imidazole rings is 1. The first-order valence-electron chi connectivity index (χ1n) is 8.15. The van der Waals surface area contributed by atoms with Gasteiger partial charge in [0.15, 0.2) is 11.6 Å². The summed E-state index contributed by atoms with van der Waals surface area (Å²) in [5, 5.41) is 2.91. The topological polar surface area (TPSA) is 46.4 Å². The molecule has 0 amide bonds. The van der Waals surface area contributed by atoms with Crippen LogP contribution in [0.25, 0.3) is 16.8 Å². The molecule has 128 valence electrons. The number of rotatable bonds is 4. The average Bonchev–Trinajstić information content (AvgIpc) is 3.22. The SMILES string of the molecule is CNc1nc2ccc(-c3cccc(F)c3C)cn2c1C(=O)[C@@H]1C[C@@H]1F. The zero-order valence-electron chi connectivity index (χ0n) is 13.9. The average molecular weight is 341 g/mol. The zero-order chi connectivity index (χ0) is 17.7. The predicted octanol–water partition coefficient (Wildman–Crippen LogP) is 4.03. The molecule has 0 unspecified atom stereocenters. The summed E-state index contributed by atoms with van der Waals surface area (Å²) in [6.45, 7) is 1.71. The maximum absolute atomic E-state index is 13.9. The van der Waals surface area contributed by atoms with Crippen LogP contribution in [0, 0.1) is 18.7 Å². The van der Waals surface area contributed by atoms with Gasteiger partial charge >= 0.3 is 0 Å². The lowest BCUT2D eigenvalue weighted by Gasteiger charge is -2.09. The molecule has 1 fully saturated rings. The van der Waals surface area contributed by atoms with E-state index < -0.39 is 12.1 Å². The number of carbonyl (C=O) groups excluding carboxylic acids is 1. The molecule has 2 atom stereocenters. The van der Waals surface area contributed by atoms with Gasteiger partial charge in [0.2, 0.25) is 0 Å². The van der Waals surface area contributed by atoms with Gasteiger partial charge in [0.25, 0.3) is 0 Å². The molecule has 0 saturated heterocycles. The number of nitrogens with one attached hydrogen (secondary N) is 1. The summed E-state index contributed by atoms with van der Waals surface area (Å²) in [4.78, 5) is 17.0. The van der Waals surface area contributed by atoms with Crippen molar-refractivity contribution in [2.45, 2.75) is 19.5 Å². The number of alkyl halides is 1. The van der Waals surface area contributed by atoms with E-state index in [1.54, 1.807) is 36.7 Å². The van der Waals surface area contributed by atoms with Crippen LogP contribution >= 0.6 is 0 Å². The number of aromatic nitrogens is 2. The summed E-state index contributed by atoms with van der Waals surface area (Å²) in [6.07, 6.45) is 0.947. The summed E-state index contributed by atoms with van der Waals surface area (Å²) >= 11 is 0. The molecule has 3 aromatic rings. The Kier molecular flexibility index (Phi) is 3.56. The first kappa shape index (κ1) is 15.7. The molecule has 0 aliphatic heterocycles. The van der Waals surface area contributed by atoms with Gasteiger partial charge in [0.1, 0.15) is 23.3 Å². The van der Waals surface area contributed by atoms with Gasteiger partial charge in [0.05, 0.1) is 5.92 Å². The summed E-state index contributed by atoms with van der Waals surface area (Å²) in [7, 11) is 1.68. The fourth-order valence-corrected chi connectivity index (χ4v) is 3.14. The molecule has 1 aromatic carbocycles. The predicted molar refractivity (Wildman–Crippen MR) is 92.2 cm³/mol. The van der Waals surface area contributed by atoms with E-state index in [-0.39, 0.29) is 18.0 Å². The molecule has 25 heavy (non-hydrogen) atoms. The van der Waals surface area contributed by atoms with Crippen molar-refractivity contribution in [2.24, 2.45) is 5.92 Å². The number of anilines is 1. The number of carbonyl (C=O) groups is 1. The first-order chi connectivity index (χ1) is 12.0. The van der Waals surface area contributed by atoms with E-state index in [2.05, 4.69) is 10.3 Å². The van der Waals surface area contributed by atoms with Crippen LogP contribution in [0.2, 0.25) is 0 Å². The molecule has 0 bridgehead atoms. The third-order valence-electron chi connectivity index (χ3n) is 4.72. The van der Waals surface area contributed by atoms with Gasteiger partial charge < -0.3 is 5.32 Å². The standard InChI is InChI=1S/C19H17F2N3O/c1-10-12(4-3-5-14(10)20)11-6-7-16-23-19(22-2)17(24(16)9-11)18(25)13-8-15(13)21/h3-7,9,13,15,22H,8H2,1-2H3/t13-,15+/m1/s1. The molecule has 1 saturated carbocycles. The Morgan fingerprint density at radius 1 is 1.32 bits per heavy atom. The van der Waals surface area contributed by atoms with Gasteiger partial charge in [-0.15, -0.1) is 0 Å². The van der Waals surface area contributed by atoms with Gasteiger partial charge in [-0.05, 0) is 48.2 Å². The van der Waals surface area contributed by atoms with E-state index in [1.165, 1.54) is 6.07 Å². The Morgan fingerprint density at radius 2 is 2.08 bits per heavy atom. The van der Waals surface area contributed by atoms with Gasteiger partial charge in [-0.1, -0.05) is 12.1 Å². The minimum atomic E-state index is -1.07. The minimum Gasteiger partial charge on any atom is -0.371 e. The molecule has 0 spiro atoms. The van der Waals surface area contributed by atoms with Gasteiger partial charge in [-0.2, -0.15) is 0 Å². The van der Waals surface area contributed by atoms with Crippen LogP contribution in [0.5, 0.6) is 0 Å². The minimum absolute atomic E-state index is 0.252. The van der Waals surface area contributed by atoms with E-state index in [9.17, 15) is 13.6 Å². The van der Waals surface area contributed by atoms with Crippen LogP contribution in [0.3, 0.4) is 0 Å². The molecule has 1 aliphatic rings. The highest BCUT2D eigenvalue weighted by atomic mass is 19.1. The third-order valence-corrected chi connectivity index (χ3v) is 4.72. The van der Waals surface area contributed by atoms with Crippen LogP contribution in [0.4, 0.5) is 14.6 Å². The van der Waals surface area contributed by atoms with E-state index in [1.807, 2.05) is 12.1 Å². The van der Waals surface area contributed by atoms with Crippen LogP contribution in [0.1, 0.15) is 22.5 Å². The highest BCUT2D eigenvalue weighted by molar-refractivity contribution is 6.03. The summed E-state index contributed by atoms with van der Waals surface area (Å²) in [5.74, 6) is -0.699. The smallest absolute Gasteiger partial charge is 0.189 e. The van der Waals surface area contributed by atoms with Gasteiger partial charge in [0, 0.05) is 13.2 Å². The normalized spacial score (nSPS) is 19.2. The Hall–Kier alpha value is -2.76. The van der Waals surface area contributed by atoms with E-state index in [4.69, 9.17) is 0 Å². The number of nitrogens with zero attached hydrogens (tertiary/aromatic N) is 2. The Labute approximate surface area is 143 Å². The van der Waals surface area contributed by atoms with Crippen molar-refractivity contribution in [1.82, 2.24) is 9.38 Å². The largest absolute Gasteiger partial charge is 0.371 e. The molecule has 1 aliphatic carbocycles. The van der Waals surface area contributed by atoms with Crippen molar-refractivity contribution in [3.8, 4) is 11.1 Å². The van der Waals surface area contributed by atoms with Crippen LogP contribution in [0.15, 0.2) is 36.5 Å². The molecule has 1 N–H and O–H groups in total. The van der Waals surface area contributed by atoms with Crippen LogP contribution in [-0.4, -0.2) is 28.4 Å². The fourth-order valence-electron chi connectivity index (χ4n) is 3.14. The van der Waals surface area contributed by atoms with Crippen LogP contribution in [-0.2, 0) is 0 Å². The van der Waals surface area contributed by atoms with Crippen molar-refractivity contribution in [2.75, 3.05) is 12.4 Å². The van der Waals surface area contributed by atoms with E-state index in [0.717, 1.165) is 11.1 Å². The first-order valence-corrected chi connectivity index (χ1v) is 8.15. The lowest BCUT2D eigenvalue weighted by atomic mass is 10.0. The number of fused-ring (bicyclic) bond motifs is 1. The van der Waals surface area contributed by atoms with Crippen LogP contribution < -0.4 is 5.32 Å². The number of halogens is 2. The number of hydrogen-bond donors (Lipinski definition) is 1. The number of pyridine rings is 1. The maximum Gasteiger partial charge on any atom is 0.189 e. The number of Topliss-reactive ketones (excluding diaryl/α,β-unsaturated/α-hetero) is 1. The molecular formula is C19H17F2N3O. The van der Waals surface area contributed by atoms with Crippen molar-refractivity contribution >= 4 is 17.2 Å². The Balaban J connectivity index is 1.90. The molecule has 0 radical (unpaired) electrons. The molecule has 2 aromatic heterocycles.